The SMILES string of the molecule is CCCCCCCCCCCC[P+](CCCCCC)(CCCCCC)CCCCCC.N#CC(C#N)C#N. The first-order valence-electron chi connectivity index (χ1n) is 16.6. The van der Waals surface area contributed by atoms with E-state index in [2.05, 4.69) is 27.7 Å². The van der Waals surface area contributed by atoms with Crippen LogP contribution in [0.2, 0.25) is 0 Å². The summed E-state index contributed by atoms with van der Waals surface area (Å²) in [5, 5.41) is 23.5. The summed E-state index contributed by atoms with van der Waals surface area (Å²) in [5.41, 5.74) is 0. The van der Waals surface area contributed by atoms with Gasteiger partial charge in [0, 0.05) is 7.26 Å². The van der Waals surface area contributed by atoms with Gasteiger partial charge >= 0.3 is 0 Å². The van der Waals surface area contributed by atoms with Gasteiger partial charge in [0.25, 0.3) is 0 Å². The smallest absolute Gasteiger partial charge is 0.196 e. The van der Waals surface area contributed by atoms with Crippen LogP contribution in [0, 0.1) is 39.9 Å². The zero-order chi connectivity index (χ0) is 28.6. The third kappa shape index (κ3) is 26.5. The summed E-state index contributed by atoms with van der Waals surface area (Å²) in [4.78, 5) is 0. The van der Waals surface area contributed by atoms with Crippen LogP contribution in [0.25, 0.3) is 0 Å². The third-order valence-electron chi connectivity index (χ3n) is 7.83. The molecule has 0 unspecified atom stereocenters. The van der Waals surface area contributed by atoms with Crippen LogP contribution in [-0.2, 0) is 0 Å². The molecule has 0 rings (SSSR count). The number of hydrogen-bond acceptors (Lipinski definition) is 3. The normalized spacial score (nSPS) is 10.9. The van der Waals surface area contributed by atoms with Gasteiger partial charge in [-0.1, -0.05) is 118 Å². The molecule has 0 spiro atoms. The van der Waals surface area contributed by atoms with E-state index in [-0.39, 0.29) is 0 Å². The molecular weight excluding hydrogens is 481 g/mol. The molecule has 0 aliphatic rings. The lowest BCUT2D eigenvalue weighted by Crippen LogP contribution is -2.13. The number of rotatable bonds is 26. The molecule has 0 aromatic heterocycles. The Balaban J connectivity index is 0. The molecule has 0 amide bonds. The fourth-order valence-electron chi connectivity index (χ4n) is 5.31. The minimum Gasteiger partial charge on any atom is -0.196 e. The summed E-state index contributed by atoms with van der Waals surface area (Å²) in [5.74, 6) is -1.10. The maximum atomic E-state index is 7.83. The van der Waals surface area contributed by atoms with Gasteiger partial charge in [0.15, 0.2) is 0 Å². The van der Waals surface area contributed by atoms with E-state index in [1.165, 1.54) is 134 Å². The number of unbranched alkanes of at least 4 members (excludes halogenated alkanes) is 18. The fraction of sp³-hybridized carbons (Fsp3) is 0.912. The van der Waals surface area contributed by atoms with Gasteiger partial charge in [-0.25, -0.2) is 0 Å². The topological polar surface area (TPSA) is 71.4 Å². The highest BCUT2D eigenvalue weighted by Crippen LogP contribution is 2.61. The van der Waals surface area contributed by atoms with E-state index in [0.29, 0.717) is 0 Å². The number of nitriles is 3. The van der Waals surface area contributed by atoms with Crippen LogP contribution < -0.4 is 0 Å². The minimum atomic E-state index is -1.10. The van der Waals surface area contributed by atoms with E-state index in [4.69, 9.17) is 15.8 Å². The summed E-state index contributed by atoms with van der Waals surface area (Å²) in [6.45, 7) is 9.41. The number of hydrogen-bond donors (Lipinski definition) is 0. The summed E-state index contributed by atoms with van der Waals surface area (Å²) in [7, 11) is -0.691. The van der Waals surface area contributed by atoms with Crippen molar-refractivity contribution in [2.24, 2.45) is 5.92 Å². The standard InChI is InChI=1S/C30H64P.C4HN3/c1-5-9-13-17-18-19-20-21-22-26-30-31(27-23-14-10-6-2,28-24-15-11-7-3)29-25-16-12-8-4;5-1-4(2-6)3-7/h5-30H2,1-4H3;4H/q+1;. The summed E-state index contributed by atoms with van der Waals surface area (Å²) in [6, 6.07) is 4.44. The molecule has 220 valence electrons. The van der Waals surface area contributed by atoms with Crippen molar-refractivity contribution in [2.75, 3.05) is 24.6 Å². The lowest BCUT2D eigenvalue weighted by molar-refractivity contribution is 0.562. The van der Waals surface area contributed by atoms with E-state index in [1.807, 2.05) is 0 Å². The Morgan fingerprint density at radius 3 is 0.789 bits per heavy atom. The molecule has 0 bridgehead atoms. The Morgan fingerprint density at radius 2 is 0.579 bits per heavy atom. The number of nitrogens with zero attached hydrogens (tertiary/aromatic N) is 3. The first-order chi connectivity index (χ1) is 18.6. The molecule has 0 aliphatic heterocycles. The van der Waals surface area contributed by atoms with Crippen molar-refractivity contribution in [3.63, 3.8) is 0 Å². The zero-order valence-corrected chi connectivity index (χ0v) is 27.1. The summed E-state index contributed by atoms with van der Waals surface area (Å²) < 4.78 is 0. The van der Waals surface area contributed by atoms with E-state index in [9.17, 15) is 0 Å². The van der Waals surface area contributed by atoms with E-state index < -0.39 is 13.2 Å². The molecule has 0 aromatic carbocycles. The van der Waals surface area contributed by atoms with Gasteiger partial charge in [-0.2, -0.15) is 15.8 Å². The minimum absolute atomic E-state index is 0.691. The molecule has 0 aliphatic carbocycles. The second-order valence-electron chi connectivity index (χ2n) is 11.4. The highest BCUT2D eigenvalue weighted by molar-refractivity contribution is 7.75. The van der Waals surface area contributed by atoms with E-state index in [1.54, 1.807) is 50.3 Å². The molecule has 0 heterocycles. The molecule has 0 N–H and O–H groups in total. The van der Waals surface area contributed by atoms with Gasteiger partial charge in [0.1, 0.15) is 0 Å². The second kappa shape index (κ2) is 32.1. The lowest BCUT2D eigenvalue weighted by atomic mass is 10.1. The van der Waals surface area contributed by atoms with Gasteiger partial charge in [-0.05, 0) is 51.4 Å². The monoisotopic (exact) mass is 546 g/mol. The van der Waals surface area contributed by atoms with Crippen molar-refractivity contribution in [3.8, 4) is 18.2 Å². The Hall–Kier alpha value is -1.10. The van der Waals surface area contributed by atoms with Crippen LogP contribution in [0.15, 0.2) is 0 Å². The third-order valence-corrected chi connectivity index (χ3v) is 12.9. The predicted molar refractivity (Wildman–Crippen MR) is 171 cm³/mol. The molecule has 3 nitrogen and oxygen atoms in total. The van der Waals surface area contributed by atoms with Crippen LogP contribution >= 0.6 is 7.26 Å². The highest BCUT2D eigenvalue weighted by Gasteiger charge is 2.34. The molecule has 0 aromatic rings. The van der Waals surface area contributed by atoms with Crippen molar-refractivity contribution in [1.82, 2.24) is 0 Å². The van der Waals surface area contributed by atoms with Crippen molar-refractivity contribution >= 4 is 7.26 Å². The Kier molecular flexibility index (Phi) is 33.0. The van der Waals surface area contributed by atoms with Crippen LogP contribution in [-0.4, -0.2) is 24.6 Å². The molecule has 0 fully saturated rings. The van der Waals surface area contributed by atoms with Gasteiger partial charge < -0.3 is 0 Å². The zero-order valence-electron chi connectivity index (χ0n) is 26.3. The Morgan fingerprint density at radius 1 is 0.368 bits per heavy atom. The van der Waals surface area contributed by atoms with E-state index in [0.717, 1.165) is 0 Å². The molecule has 38 heavy (non-hydrogen) atoms. The van der Waals surface area contributed by atoms with Gasteiger partial charge in [0.05, 0.1) is 42.9 Å². The molecule has 0 radical (unpaired) electrons. The van der Waals surface area contributed by atoms with Crippen molar-refractivity contribution in [3.05, 3.63) is 0 Å². The average molecular weight is 547 g/mol. The van der Waals surface area contributed by atoms with Crippen LogP contribution in [0.5, 0.6) is 0 Å². The molecule has 4 heteroatoms. The first kappa shape index (κ1) is 39.0. The maximum absolute atomic E-state index is 7.83. The lowest BCUT2D eigenvalue weighted by Gasteiger charge is -2.28. The van der Waals surface area contributed by atoms with Crippen molar-refractivity contribution in [2.45, 2.75) is 169 Å². The van der Waals surface area contributed by atoms with Gasteiger partial charge in [0.2, 0.25) is 5.92 Å². The quantitative estimate of drug-likeness (QED) is 0.0799. The van der Waals surface area contributed by atoms with Crippen LogP contribution in [0.3, 0.4) is 0 Å². The highest BCUT2D eigenvalue weighted by atomic mass is 31.2. The van der Waals surface area contributed by atoms with Gasteiger partial charge in [-0.15, -0.1) is 0 Å². The second-order valence-corrected chi connectivity index (χ2v) is 15.9. The van der Waals surface area contributed by atoms with Crippen molar-refractivity contribution in [1.29, 1.82) is 15.8 Å². The largest absolute Gasteiger partial charge is 0.218 e. The molecule has 0 saturated heterocycles. The van der Waals surface area contributed by atoms with Crippen LogP contribution in [0.1, 0.15) is 169 Å². The average Bonchev–Trinajstić information content (AvgIpc) is 2.94. The summed E-state index contributed by atoms with van der Waals surface area (Å²) in [6.07, 6.45) is 39.1. The van der Waals surface area contributed by atoms with Crippen LogP contribution in [0.4, 0.5) is 0 Å². The Bertz CT molecular complexity index is 534. The molecule has 0 atom stereocenters. The summed E-state index contributed by atoms with van der Waals surface area (Å²) >= 11 is 0. The molecule has 0 saturated carbocycles. The molecular formula is C34H65N3P+. The van der Waals surface area contributed by atoms with Crippen molar-refractivity contribution < 1.29 is 0 Å². The van der Waals surface area contributed by atoms with Gasteiger partial charge in [-0.3, -0.25) is 0 Å². The maximum Gasteiger partial charge on any atom is 0.218 e. The Labute approximate surface area is 240 Å². The first-order valence-corrected chi connectivity index (χ1v) is 19.2. The predicted octanol–water partition coefficient (Wildman–Crippen LogP) is 11.8. The van der Waals surface area contributed by atoms with E-state index >= 15 is 0 Å². The fourth-order valence-corrected chi connectivity index (χ4v) is 10.2.